The SMILES string of the molecule is PCC1C2CC3CC(C2)CC1(c1ccc(-c2ccccc2)cc1CP(C1CCCCN1)C1CCCCN1)C3. The summed E-state index contributed by atoms with van der Waals surface area (Å²) >= 11 is 0. The average Bonchev–Trinajstić information content (AvgIpc) is 2.97. The Morgan fingerprint density at radius 2 is 1.47 bits per heavy atom. The van der Waals surface area contributed by atoms with E-state index in [9.17, 15) is 0 Å². The molecule has 0 aromatic heterocycles. The van der Waals surface area contributed by atoms with Crippen LogP contribution < -0.4 is 10.6 Å². The molecule has 2 saturated heterocycles. The predicted octanol–water partition coefficient (Wildman–Crippen LogP) is 8.10. The van der Waals surface area contributed by atoms with E-state index >= 15 is 0 Å². The average molecular weight is 547 g/mol. The van der Waals surface area contributed by atoms with E-state index in [1.165, 1.54) is 107 Å². The van der Waals surface area contributed by atoms with Gasteiger partial charge in [-0.05, 0) is 135 Å². The highest BCUT2D eigenvalue weighted by Gasteiger charge is 2.57. The van der Waals surface area contributed by atoms with Gasteiger partial charge in [-0.1, -0.05) is 69.3 Å². The highest BCUT2D eigenvalue weighted by molar-refractivity contribution is 7.58. The zero-order valence-corrected chi connectivity index (χ0v) is 25.3. The van der Waals surface area contributed by atoms with Crippen molar-refractivity contribution in [2.75, 3.05) is 19.3 Å². The molecule has 2 nitrogen and oxygen atoms in total. The fourth-order valence-electron chi connectivity index (χ4n) is 9.87. The summed E-state index contributed by atoms with van der Waals surface area (Å²) in [7, 11) is 3.05. The largest absolute Gasteiger partial charge is 0.310 e. The van der Waals surface area contributed by atoms with E-state index in [-0.39, 0.29) is 7.92 Å². The maximum atomic E-state index is 4.04. The number of hydrogen-bond acceptors (Lipinski definition) is 2. The molecular weight excluding hydrogens is 498 g/mol. The molecule has 2 aromatic carbocycles. The summed E-state index contributed by atoms with van der Waals surface area (Å²) in [5.74, 6) is 5.20. The third-order valence-corrected chi connectivity index (χ3v) is 14.9. The van der Waals surface area contributed by atoms with Gasteiger partial charge in [0.05, 0.1) is 0 Å². The molecule has 4 bridgehead atoms. The molecule has 2 heterocycles. The quantitative estimate of drug-likeness (QED) is 0.343. The highest BCUT2D eigenvalue weighted by Crippen LogP contribution is 2.65. The first-order chi connectivity index (χ1) is 18.7. The first kappa shape index (κ1) is 26.1. The highest BCUT2D eigenvalue weighted by atomic mass is 31.1. The Kier molecular flexibility index (Phi) is 7.73. The first-order valence-corrected chi connectivity index (χ1v) is 18.3. The molecule has 38 heavy (non-hydrogen) atoms. The van der Waals surface area contributed by atoms with Crippen molar-refractivity contribution in [1.29, 1.82) is 0 Å². The van der Waals surface area contributed by atoms with E-state index in [0.29, 0.717) is 5.41 Å². The van der Waals surface area contributed by atoms with Crippen LogP contribution >= 0.6 is 17.2 Å². The predicted molar refractivity (Wildman–Crippen MR) is 167 cm³/mol. The van der Waals surface area contributed by atoms with Crippen LogP contribution in [0, 0.1) is 23.7 Å². The van der Waals surface area contributed by atoms with Gasteiger partial charge < -0.3 is 10.6 Å². The van der Waals surface area contributed by atoms with Crippen molar-refractivity contribution in [3.8, 4) is 11.1 Å². The molecule has 6 atom stereocenters. The van der Waals surface area contributed by atoms with Gasteiger partial charge >= 0.3 is 0 Å². The number of hydrogen-bond donors (Lipinski definition) is 2. The van der Waals surface area contributed by atoms with Crippen LogP contribution in [0.3, 0.4) is 0 Å². The van der Waals surface area contributed by atoms with Crippen molar-refractivity contribution in [3.05, 3.63) is 59.7 Å². The van der Waals surface area contributed by atoms with Gasteiger partial charge in [-0.3, -0.25) is 0 Å². The molecule has 6 unspecified atom stereocenters. The zero-order chi connectivity index (χ0) is 25.5. The van der Waals surface area contributed by atoms with Crippen LogP contribution in [0.4, 0.5) is 0 Å². The second-order valence-electron chi connectivity index (χ2n) is 13.4. The Labute approximate surface area is 234 Å². The van der Waals surface area contributed by atoms with Crippen molar-refractivity contribution in [1.82, 2.24) is 10.6 Å². The number of benzene rings is 2. The van der Waals surface area contributed by atoms with Gasteiger partial charge in [-0.15, -0.1) is 9.24 Å². The topological polar surface area (TPSA) is 24.1 Å². The van der Waals surface area contributed by atoms with Gasteiger partial charge in [0.15, 0.2) is 0 Å². The number of nitrogens with one attached hydrogen (secondary N) is 2. The van der Waals surface area contributed by atoms with Crippen LogP contribution in [0.25, 0.3) is 11.1 Å². The minimum atomic E-state index is -0.158. The molecule has 4 aliphatic carbocycles. The van der Waals surface area contributed by atoms with Crippen LogP contribution in [0.1, 0.15) is 81.8 Å². The van der Waals surface area contributed by atoms with Crippen molar-refractivity contribution >= 4 is 17.2 Å². The van der Waals surface area contributed by atoms with Crippen LogP contribution in [0.15, 0.2) is 48.5 Å². The molecular formula is C34H48N2P2. The normalized spacial score (nSPS) is 37.3. The standard InChI is InChI=1S/C34H48N2P2/c37-22-31-28-17-24-16-25(18-28)21-34(31,20-24)30-13-12-27(26-8-2-1-3-9-26)19-29(30)23-38(32-10-4-6-14-35-32)33-11-5-7-15-36-33/h1-3,8-9,12-13,19,24-25,28,31-33,35-36H,4-7,10-11,14-18,20-23,37H2. The smallest absolute Gasteiger partial charge is 0.0286 e. The molecule has 0 amide bonds. The van der Waals surface area contributed by atoms with Crippen molar-refractivity contribution in [2.45, 2.75) is 93.8 Å². The van der Waals surface area contributed by atoms with E-state index in [1.807, 2.05) is 0 Å². The summed E-state index contributed by atoms with van der Waals surface area (Å²) in [6.07, 6.45) is 18.3. The number of piperidine rings is 2. The fourth-order valence-corrected chi connectivity index (χ4v) is 14.0. The summed E-state index contributed by atoms with van der Waals surface area (Å²) in [6.45, 7) is 2.44. The molecule has 6 aliphatic rings. The van der Waals surface area contributed by atoms with Crippen molar-refractivity contribution < 1.29 is 0 Å². The summed E-state index contributed by atoms with van der Waals surface area (Å²) in [6, 6.07) is 19.0. The maximum absolute atomic E-state index is 4.04. The molecule has 4 heteroatoms. The fraction of sp³-hybridized carbons (Fsp3) is 0.647. The van der Waals surface area contributed by atoms with Crippen LogP contribution in [0.2, 0.25) is 0 Å². The van der Waals surface area contributed by atoms with Gasteiger partial charge in [0.25, 0.3) is 0 Å². The summed E-state index contributed by atoms with van der Waals surface area (Å²) < 4.78 is 0. The minimum absolute atomic E-state index is 0.158. The Hall–Kier alpha value is -0.780. The van der Waals surface area contributed by atoms with Gasteiger partial charge in [0, 0.05) is 11.6 Å². The Bertz CT molecular complexity index is 1060. The van der Waals surface area contributed by atoms with E-state index < -0.39 is 0 Å². The van der Waals surface area contributed by atoms with Crippen LogP contribution in [-0.2, 0) is 11.6 Å². The van der Waals surface area contributed by atoms with Gasteiger partial charge in [-0.2, -0.15) is 0 Å². The molecule has 8 rings (SSSR count). The molecule has 204 valence electrons. The second kappa shape index (κ2) is 11.2. The van der Waals surface area contributed by atoms with Gasteiger partial charge in [0.1, 0.15) is 0 Å². The van der Waals surface area contributed by atoms with Crippen LogP contribution in [0.5, 0.6) is 0 Å². The molecule has 0 spiro atoms. The van der Waals surface area contributed by atoms with Gasteiger partial charge in [-0.25, -0.2) is 0 Å². The Morgan fingerprint density at radius 1 is 0.789 bits per heavy atom. The second-order valence-corrected chi connectivity index (χ2v) is 16.5. The molecule has 2 aliphatic heterocycles. The first-order valence-electron chi connectivity index (χ1n) is 15.8. The van der Waals surface area contributed by atoms with E-state index in [1.54, 1.807) is 11.1 Å². The Balaban J connectivity index is 1.32. The molecule has 6 fully saturated rings. The minimum Gasteiger partial charge on any atom is -0.310 e. The summed E-state index contributed by atoms with van der Waals surface area (Å²) in [5, 5.41) is 8.09. The molecule has 4 saturated carbocycles. The number of rotatable bonds is 7. The molecule has 2 N–H and O–H groups in total. The summed E-state index contributed by atoms with van der Waals surface area (Å²) in [4.78, 5) is 0. The lowest BCUT2D eigenvalue weighted by Gasteiger charge is -2.62. The van der Waals surface area contributed by atoms with E-state index in [2.05, 4.69) is 68.4 Å². The third-order valence-electron chi connectivity index (χ3n) is 11.2. The lowest BCUT2D eigenvalue weighted by molar-refractivity contribution is -0.0520. The maximum Gasteiger partial charge on any atom is 0.0286 e. The van der Waals surface area contributed by atoms with E-state index in [0.717, 1.165) is 35.2 Å². The monoisotopic (exact) mass is 546 g/mol. The summed E-state index contributed by atoms with van der Waals surface area (Å²) in [5.41, 5.74) is 6.73. The van der Waals surface area contributed by atoms with Crippen LogP contribution in [-0.4, -0.2) is 30.8 Å². The third kappa shape index (κ3) is 4.85. The Morgan fingerprint density at radius 3 is 2.08 bits per heavy atom. The van der Waals surface area contributed by atoms with Gasteiger partial charge in [0.2, 0.25) is 0 Å². The van der Waals surface area contributed by atoms with E-state index in [4.69, 9.17) is 0 Å². The molecule has 0 radical (unpaired) electrons. The van der Waals surface area contributed by atoms with Crippen molar-refractivity contribution in [3.63, 3.8) is 0 Å². The van der Waals surface area contributed by atoms with Crippen molar-refractivity contribution in [2.24, 2.45) is 23.7 Å². The zero-order valence-electron chi connectivity index (χ0n) is 23.2. The lowest BCUT2D eigenvalue weighted by Crippen LogP contribution is -2.56. The molecule has 2 aromatic rings. The lowest BCUT2D eigenvalue weighted by atomic mass is 9.43.